The molecule has 4 amide bonds. The summed E-state index contributed by atoms with van der Waals surface area (Å²) in [5.41, 5.74) is 0.0492. The second-order valence-corrected chi connectivity index (χ2v) is 6.91. The van der Waals surface area contributed by atoms with Gasteiger partial charge in [0.2, 0.25) is 11.8 Å². The molecule has 0 aromatic heterocycles. The molecule has 1 saturated heterocycles. The van der Waals surface area contributed by atoms with E-state index in [4.69, 9.17) is 0 Å². The topological polar surface area (TPSA) is 66.5 Å². The van der Waals surface area contributed by atoms with E-state index in [0.717, 1.165) is 44.9 Å². The van der Waals surface area contributed by atoms with Crippen molar-refractivity contribution < 1.29 is 14.4 Å². The van der Waals surface area contributed by atoms with Gasteiger partial charge in [-0.3, -0.25) is 19.8 Å². The standard InChI is InChI=1S/C15H22N2O3/c1-15(7-4-8-15)9-17-13(19)11(10-5-2-3-6-10)12(18)16-14(17)20/h10-11H,2-9H2,1H3,(H,16,18,20). The molecule has 110 valence electrons. The third-order valence-corrected chi connectivity index (χ3v) is 5.26. The van der Waals surface area contributed by atoms with Gasteiger partial charge in [0, 0.05) is 6.54 Å². The first-order valence-electron chi connectivity index (χ1n) is 7.66. The normalized spacial score (nSPS) is 30.4. The van der Waals surface area contributed by atoms with E-state index in [-0.39, 0.29) is 23.1 Å². The molecule has 0 spiro atoms. The maximum absolute atomic E-state index is 12.6. The van der Waals surface area contributed by atoms with Crippen molar-refractivity contribution in [2.75, 3.05) is 6.54 Å². The third-order valence-electron chi connectivity index (χ3n) is 5.26. The Morgan fingerprint density at radius 2 is 1.80 bits per heavy atom. The van der Waals surface area contributed by atoms with E-state index >= 15 is 0 Å². The number of nitrogens with zero attached hydrogens (tertiary/aromatic N) is 1. The molecule has 3 rings (SSSR count). The highest BCUT2D eigenvalue weighted by Gasteiger charge is 2.47. The van der Waals surface area contributed by atoms with Crippen molar-refractivity contribution in [3.05, 3.63) is 0 Å². The fourth-order valence-electron chi connectivity index (χ4n) is 3.81. The van der Waals surface area contributed by atoms with E-state index < -0.39 is 11.9 Å². The van der Waals surface area contributed by atoms with Crippen LogP contribution in [0.2, 0.25) is 0 Å². The summed E-state index contributed by atoms with van der Waals surface area (Å²) >= 11 is 0. The summed E-state index contributed by atoms with van der Waals surface area (Å²) in [4.78, 5) is 37.9. The average Bonchev–Trinajstić information content (AvgIpc) is 2.86. The van der Waals surface area contributed by atoms with Crippen molar-refractivity contribution in [2.45, 2.75) is 51.9 Å². The Morgan fingerprint density at radius 3 is 2.35 bits per heavy atom. The van der Waals surface area contributed by atoms with Crippen molar-refractivity contribution in [1.29, 1.82) is 0 Å². The minimum Gasteiger partial charge on any atom is -0.277 e. The number of amides is 4. The number of rotatable bonds is 3. The van der Waals surface area contributed by atoms with E-state index in [9.17, 15) is 14.4 Å². The Morgan fingerprint density at radius 1 is 1.15 bits per heavy atom. The van der Waals surface area contributed by atoms with E-state index in [0.29, 0.717) is 6.54 Å². The van der Waals surface area contributed by atoms with Crippen LogP contribution in [0.5, 0.6) is 0 Å². The summed E-state index contributed by atoms with van der Waals surface area (Å²) in [5, 5.41) is 2.38. The highest BCUT2D eigenvalue weighted by molar-refractivity contribution is 6.16. The Kier molecular flexibility index (Phi) is 3.30. The summed E-state index contributed by atoms with van der Waals surface area (Å²) in [6, 6.07) is -0.526. The average molecular weight is 278 g/mol. The second-order valence-electron chi connectivity index (χ2n) is 6.91. The highest BCUT2D eigenvalue weighted by atomic mass is 16.2. The lowest BCUT2D eigenvalue weighted by Gasteiger charge is -2.43. The molecule has 0 bridgehead atoms. The van der Waals surface area contributed by atoms with Crippen molar-refractivity contribution in [3.63, 3.8) is 0 Å². The molecule has 2 saturated carbocycles. The van der Waals surface area contributed by atoms with Crippen LogP contribution in [0.3, 0.4) is 0 Å². The molecule has 1 N–H and O–H groups in total. The number of carbonyl (C=O) groups excluding carboxylic acids is 3. The maximum atomic E-state index is 12.6. The molecule has 1 heterocycles. The van der Waals surface area contributed by atoms with Gasteiger partial charge in [0.1, 0.15) is 5.92 Å². The van der Waals surface area contributed by atoms with Gasteiger partial charge in [-0.15, -0.1) is 0 Å². The Bertz CT molecular complexity index is 450. The summed E-state index contributed by atoms with van der Waals surface area (Å²) in [6.45, 7) is 2.56. The fourth-order valence-corrected chi connectivity index (χ4v) is 3.81. The molecule has 2 aliphatic carbocycles. The lowest BCUT2D eigenvalue weighted by Crippen LogP contribution is -2.61. The Balaban J connectivity index is 1.77. The lowest BCUT2D eigenvalue weighted by atomic mass is 9.70. The van der Waals surface area contributed by atoms with Crippen LogP contribution in [-0.4, -0.2) is 29.3 Å². The van der Waals surface area contributed by atoms with Crippen molar-refractivity contribution in [3.8, 4) is 0 Å². The lowest BCUT2D eigenvalue weighted by molar-refractivity contribution is -0.146. The Labute approximate surface area is 119 Å². The molecule has 0 aromatic carbocycles. The molecule has 0 aromatic rings. The molecule has 3 aliphatic rings. The Hall–Kier alpha value is -1.39. The summed E-state index contributed by atoms with van der Waals surface area (Å²) in [6.07, 6.45) is 7.25. The van der Waals surface area contributed by atoms with Gasteiger partial charge in [0.25, 0.3) is 0 Å². The zero-order valence-corrected chi connectivity index (χ0v) is 12.0. The van der Waals surface area contributed by atoms with Crippen molar-refractivity contribution in [2.24, 2.45) is 17.3 Å². The van der Waals surface area contributed by atoms with E-state index in [2.05, 4.69) is 12.2 Å². The minimum absolute atomic E-state index is 0.0492. The summed E-state index contributed by atoms with van der Waals surface area (Å²) in [7, 11) is 0. The predicted octanol–water partition coefficient (Wildman–Crippen LogP) is 2.06. The highest BCUT2D eigenvalue weighted by Crippen LogP contribution is 2.42. The first-order chi connectivity index (χ1) is 9.50. The van der Waals surface area contributed by atoms with E-state index in [1.54, 1.807) is 0 Å². The number of urea groups is 1. The number of imide groups is 2. The van der Waals surface area contributed by atoms with Crippen LogP contribution in [0.4, 0.5) is 4.79 Å². The maximum Gasteiger partial charge on any atom is 0.330 e. The number of barbiturate groups is 1. The molecule has 5 heteroatoms. The monoisotopic (exact) mass is 278 g/mol. The molecule has 0 radical (unpaired) electrons. The van der Waals surface area contributed by atoms with E-state index in [1.165, 1.54) is 4.90 Å². The molecular formula is C15H22N2O3. The zero-order chi connectivity index (χ0) is 14.3. The first kappa shape index (κ1) is 13.6. The van der Waals surface area contributed by atoms with Crippen LogP contribution in [0.1, 0.15) is 51.9 Å². The molecule has 3 fully saturated rings. The van der Waals surface area contributed by atoms with Crippen LogP contribution < -0.4 is 5.32 Å². The molecule has 1 atom stereocenters. The van der Waals surface area contributed by atoms with Crippen molar-refractivity contribution in [1.82, 2.24) is 10.2 Å². The van der Waals surface area contributed by atoms with Gasteiger partial charge in [0.05, 0.1) is 0 Å². The van der Waals surface area contributed by atoms with Gasteiger partial charge in [-0.05, 0) is 37.0 Å². The number of hydrogen-bond acceptors (Lipinski definition) is 3. The van der Waals surface area contributed by atoms with Crippen LogP contribution in [-0.2, 0) is 9.59 Å². The van der Waals surface area contributed by atoms with Crippen molar-refractivity contribution >= 4 is 17.8 Å². The molecular weight excluding hydrogens is 256 g/mol. The van der Waals surface area contributed by atoms with Gasteiger partial charge in [-0.25, -0.2) is 4.79 Å². The van der Waals surface area contributed by atoms with Gasteiger partial charge in [0.15, 0.2) is 0 Å². The van der Waals surface area contributed by atoms with Crippen LogP contribution in [0.15, 0.2) is 0 Å². The van der Waals surface area contributed by atoms with Gasteiger partial charge >= 0.3 is 6.03 Å². The van der Waals surface area contributed by atoms with Gasteiger partial charge < -0.3 is 0 Å². The molecule has 1 aliphatic heterocycles. The predicted molar refractivity (Wildman–Crippen MR) is 72.7 cm³/mol. The largest absolute Gasteiger partial charge is 0.330 e. The van der Waals surface area contributed by atoms with Crippen LogP contribution in [0, 0.1) is 17.3 Å². The third kappa shape index (κ3) is 2.23. The van der Waals surface area contributed by atoms with Gasteiger partial charge in [-0.1, -0.05) is 26.2 Å². The van der Waals surface area contributed by atoms with Crippen LogP contribution in [0.25, 0.3) is 0 Å². The molecule has 5 nitrogen and oxygen atoms in total. The quantitative estimate of drug-likeness (QED) is 0.804. The molecule has 1 unspecified atom stereocenters. The van der Waals surface area contributed by atoms with E-state index in [1.807, 2.05) is 0 Å². The number of nitrogens with one attached hydrogen (secondary N) is 1. The van der Waals surface area contributed by atoms with Gasteiger partial charge in [-0.2, -0.15) is 0 Å². The number of carbonyl (C=O) groups is 3. The van der Waals surface area contributed by atoms with Crippen LogP contribution >= 0.6 is 0 Å². The first-order valence-corrected chi connectivity index (χ1v) is 7.66. The minimum atomic E-state index is -0.640. The fraction of sp³-hybridized carbons (Fsp3) is 0.800. The summed E-state index contributed by atoms with van der Waals surface area (Å²) < 4.78 is 0. The SMILES string of the molecule is CC1(CN2C(=O)NC(=O)C(C3CCCC3)C2=O)CCC1. The molecule has 20 heavy (non-hydrogen) atoms. The zero-order valence-electron chi connectivity index (χ0n) is 12.0. The second kappa shape index (κ2) is 4.86. The summed E-state index contributed by atoms with van der Waals surface area (Å²) in [5.74, 6) is -1.17. The smallest absolute Gasteiger partial charge is 0.277 e. The number of hydrogen-bond donors (Lipinski definition) is 1.